The normalized spacial score (nSPS) is 29.6. The lowest BCUT2D eigenvalue weighted by Crippen LogP contribution is -2.25. The van der Waals surface area contributed by atoms with E-state index in [-0.39, 0.29) is 11.5 Å². The molecule has 2 fully saturated rings. The molecule has 1 aliphatic heterocycles. The zero-order valence-corrected chi connectivity index (χ0v) is 10.9. The molecule has 1 saturated heterocycles. The van der Waals surface area contributed by atoms with E-state index in [1.54, 1.807) is 0 Å². The standard InChI is InChI=1S/C14H22N2O2/c1-10(17)5-6-13(15)14(18)9-16-7-11-3-2-4-12(11)8-16/h5-6,11-12,18H,2-4,7-9,15H2,1H3. The zero-order chi connectivity index (χ0) is 13.1. The van der Waals surface area contributed by atoms with Crippen LogP contribution in [0.2, 0.25) is 0 Å². The first-order valence-electron chi connectivity index (χ1n) is 6.65. The summed E-state index contributed by atoms with van der Waals surface area (Å²) in [7, 11) is 0. The van der Waals surface area contributed by atoms with Crippen molar-refractivity contribution in [2.24, 2.45) is 17.6 Å². The second kappa shape index (κ2) is 5.57. The Morgan fingerprint density at radius 3 is 2.50 bits per heavy atom. The highest BCUT2D eigenvalue weighted by Gasteiger charge is 2.36. The van der Waals surface area contributed by atoms with Gasteiger partial charge in [-0.15, -0.1) is 0 Å². The fraction of sp³-hybridized carbons (Fsp3) is 0.643. The van der Waals surface area contributed by atoms with Crippen LogP contribution in [-0.2, 0) is 4.79 Å². The Balaban J connectivity index is 1.89. The van der Waals surface area contributed by atoms with Crippen molar-refractivity contribution in [2.45, 2.75) is 26.2 Å². The van der Waals surface area contributed by atoms with Crippen molar-refractivity contribution >= 4 is 5.78 Å². The second-order valence-electron chi connectivity index (χ2n) is 5.49. The Bertz CT molecular complexity index is 375. The predicted molar refractivity (Wildman–Crippen MR) is 70.9 cm³/mol. The molecular formula is C14H22N2O2. The van der Waals surface area contributed by atoms with Gasteiger partial charge in [0.1, 0.15) is 5.76 Å². The van der Waals surface area contributed by atoms with Crippen LogP contribution < -0.4 is 5.73 Å². The van der Waals surface area contributed by atoms with Gasteiger partial charge >= 0.3 is 0 Å². The van der Waals surface area contributed by atoms with Crippen molar-refractivity contribution in [3.8, 4) is 0 Å². The molecule has 0 bridgehead atoms. The van der Waals surface area contributed by atoms with Gasteiger partial charge in [-0.3, -0.25) is 9.69 Å². The molecule has 2 rings (SSSR count). The minimum Gasteiger partial charge on any atom is -0.509 e. The highest BCUT2D eigenvalue weighted by molar-refractivity contribution is 5.87. The van der Waals surface area contributed by atoms with Crippen LogP contribution in [0.1, 0.15) is 26.2 Å². The molecule has 1 aliphatic carbocycles. The fourth-order valence-electron chi connectivity index (χ4n) is 3.07. The maximum absolute atomic E-state index is 10.8. The first kappa shape index (κ1) is 13.1. The summed E-state index contributed by atoms with van der Waals surface area (Å²) in [6.45, 7) is 4.10. The van der Waals surface area contributed by atoms with E-state index in [1.165, 1.54) is 38.3 Å². The molecule has 18 heavy (non-hydrogen) atoms. The number of carbonyl (C=O) groups excluding carboxylic acids is 1. The van der Waals surface area contributed by atoms with Crippen LogP contribution in [0.3, 0.4) is 0 Å². The van der Waals surface area contributed by atoms with Gasteiger partial charge in [0.05, 0.1) is 12.2 Å². The van der Waals surface area contributed by atoms with E-state index < -0.39 is 0 Å². The van der Waals surface area contributed by atoms with Crippen molar-refractivity contribution in [2.75, 3.05) is 19.6 Å². The van der Waals surface area contributed by atoms with E-state index in [2.05, 4.69) is 4.90 Å². The lowest BCUT2D eigenvalue weighted by Gasteiger charge is -2.16. The average Bonchev–Trinajstić information content (AvgIpc) is 2.85. The Labute approximate surface area is 108 Å². The van der Waals surface area contributed by atoms with Crippen LogP contribution in [-0.4, -0.2) is 35.4 Å². The third-order valence-electron chi connectivity index (χ3n) is 4.01. The van der Waals surface area contributed by atoms with Gasteiger partial charge in [0, 0.05) is 13.1 Å². The maximum Gasteiger partial charge on any atom is 0.152 e. The van der Waals surface area contributed by atoms with E-state index in [9.17, 15) is 9.90 Å². The Kier molecular flexibility index (Phi) is 4.07. The van der Waals surface area contributed by atoms with Gasteiger partial charge in [0.25, 0.3) is 0 Å². The van der Waals surface area contributed by atoms with Crippen molar-refractivity contribution in [1.29, 1.82) is 0 Å². The average molecular weight is 250 g/mol. The summed E-state index contributed by atoms with van der Waals surface area (Å²) >= 11 is 0. The molecule has 0 aromatic rings. The fourth-order valence-corrected chi connectivity index (χ4v) is 3.07. The molecule has 3 N–H and O–H groups in total. The molecule has 0 aromatic heterocycles. The Hall–Kier alpha value is -1.29. The summed E-state index contributed by atoms with van der Waals surface area (Å²) in [4.78, 5) is 13.1. The lowest BCUT2D eigenvalue weighted by atomic mass is 10.0. The van der Waals surface area contributed by atoms with Crippen LogP contribution in [0, 0.1) is 11.8 Å². The Morgan fingerprint density at radius 2 is 1.94 bits per heavy atom. The number of hydrogen-bond donors (Lipinski definition) is 2. The van der Waals surface area contributed by atoms with Gasteiger partial charge in [-0.05, 0) is 43.8 Å². The van der Waals surface area contributed by atoms with Crippen LogP contribution >= 0.6 is 0 Å². The van der Waals surface area contributed by atoms with Crippen molar-refractivity contribution in [1.82, 2.24) is 4.90 Å². The van der Waals surface area contributed by atoms with E-state index in [1.807, 2.05) is 0 Å². The second-order valence-corrected chi connectivity index (χ2v) is 5.49. The molecule has 2 atom stereocenters. The van der Waals surface area contributed by atoms with Crippen LogP contribution in [0.5, 0.6) is 0 Å². The van der Waals surface area contributed by atoms with Crippen LogP contribution in [0.25, 0.3) is 0 Å². The molecule has 100 valence electrons. The number of aliphatic hydroxyl groups is 1. The van der Waals surface area contributed by atoms with Crippen molar-refractivity contribution in [3.05, 3.63) is 23.6 Å². The van der Waals surface area contributed by atoms with Gasteiger partial charge in [0.15, 0.2) is 5.78 Å². The smallest absolute Gasteiger partial charge is 0.152 e. The lowest BCUT2D eigenvalue weighted by molar-refractivity contribution is -0.112. The van der Waals surface area contributed by atoms with Gasteiger partial charge in [-0.1, -0.05) is 6.42 Å². The van der Waals surface area contributed by atoms with Crippen molar-refractivity contribution in [3.63, 3.8) is 0 Å². The van der Waals surface area contributed by atoms with Crippen LogP contribution in [0.15, 0.2) is 23.6 Å². The third kappa shape index (κ3) is 3.13. The monoisotopic (exact) mass is 250 g/mol. The van der Waals surface area contributed by atoms with Gasteiger partial charge in [0.2, 0.25) is 0 Å². The summed E-state index contributed by atoms with van der Waals surface area (Å²) in [5, 5.41) is 9.90. The topological polar surface area (TPSA) is 66.6 Å². The number of nitrogens with zero attached hydrogens (tertiary/aromatic N) is 1. The summed E-state index contributed by atoms with van der Waals surface area (Å²) in [5.74, 6) is 1.73. The summed E-state index contributed by atoms with van der Waals surface area (Å²) in [6.07, 6.45) is 6.87. The van der Waals surface area contributed by atoms with Gasteiger partial charge in [-0.25, -0.2) is 0 Å². The highest BCUT2D eigenvalue weighted by atomic mass is 16.3. The zero-order valence-electron chi connectivity index (χ0n) is 10.9. The number of ketones is 1. The molecule has 1 saturated carbocycles. The molecule has 4 heteroatoms. The number of rotatable bonds is 4. The minimum absolute atomic E-state index is 0.0681. The number of likely N-dealkylation sites (tertiary alicyclic amines) is 1. The number of aliphatic hydroxyl groups excluding tert-OH is 1. The molecule has 0 spiro atoms. The third-order valence-corrected chi connectivity index (χ3v) is 4.01. The molecule has 2 unspecified atom stereocenters. The van der Waals surface area contributed by atoms with Gasteiger partial charge in [-0.2, -0.15) is 0 Å². The summed E-state index contributed by atoms with van der Waals surface area (Å²) in [6, 6.07) is 0. The molecule has 0 aromatic carbocycles. The predicted octanol–water partition coefficient (Wildman–Crippen LogP) is 1.59. The summed E-state index contributed by atoms with van der Waals surface area (Å²) in [5.41, 5.74) is 6.02. The molecule has 0 radical (unpaired) electrons. The number of allylic oxidation sites excluding steroid dienone is 2. The van der Waals surface area contributed by atoms with Gasteiger partial charge < -0.3 is 10.8 Å². The van der Waals surface area contributed by atoms with E-state index in [0.717, 1.165) is 24.9 Å². The number of hydrogen-bond acceptors (Lipinski definition) is 4. The van der Waals surface area contributed by atoms with E-state index in [0.29, 0.717) is 12.2 Å². The number of nitrogens with two attached hydrogens (primary N) is 1. The van der Waals surface area contributed by atoms with Crippen molar-refractivity contribution < 1.29 is 9.90 Å². The number of carbonyl (C=O) groups is 1. The van der Waals surface area contributed by atoms with E-state index in [4.69, 9.17) is 5.73 Å². The SMILES string of the molecule is CC(=O)C=CC(N)=C(O)CN1CC2CCCC2C1. The molecule has 1 heterocycles. The maximum atomic E-state index is 10.8. The molecular weight excluding hydrogens is 228 g/mol. The highest BCUT2D eigenvalue weighted by Crippen LogP contribution is 2.37. The summed E-state index contributed by atoms with van der Waals surface area (Å²) < 4.78 is 0. The van der Waals surface area contributed by atoms with E-state index >= 15 is 0 Å². The largest absolute Gasteiger partial charge is 0.509 e. The Morgan fingerprint density at radius 1 is 1.33 bits per heavy atom. The minimum atomic E-state index is -0.0681. The molecule has 2 aliphatic rings. The van der Waals surface area contributed by atoms with Crippen LogP contribution in [0.4, 0.5) is 0 Å². The molecule has 0 amide bonds. The first-order chi connectivity index (χ1) is 8.56. The number of fused-ring (bicyclic) bond motifs is 1. The first-order valence-corrected chi connectivity index (χ1v) is 6.65. The molecule has 4 nitrogen and oxygen atoms in total. The quantitative estimate of drug-likeness (QED) is 0.452.